The largest absolute Gasteiger partial charge is 0.515 e. The second-order valence-electron chi connectivity index (χ2n) is 1.45. The number of ether oxygens (including phenoxy) is 1. The van der Waals surface area contributed by atoms with E-state index in [0.717, 1.165) is 6.21 Å². The van der Waals surface area contributed by atoms with Gasteiger partial charge < -0.3 is 15.3 Å². The molecule has 56 valence electrons. The Labute approximate surface area is 58.6 Å². The van der Waals surface area contributed by atoms with Gasteiger partial charge in [-0.3, -0.25) is 0 Å². The standard InChI is InChI=1S/C6H9NO3/c1-2-10-6(9)5(3-7)4-8/h3-4,7-8H,2H2,1H3/b5-4-,7-3?. The molecule has 0 aliphatic heterocycles. The molecule has 0 saturated carbocycles. The fourth-order valence-corrected chi connectivity index (χ4v) is 0.363. The maximum atomic E-state index is 10.6. The van der Waals surface area contributed by atoms with Crippen LogP contribution in [-0.2, 0) is 9.53 Å². The van der Waals surface area contributed by atoms with Crippen molar-refractivity contribution in [3.05, 3.63) is 11.8 Å². The summed E-state index contributed by atoms with van der Waals surface area (Å²) in [4.78, 5) is 10.6. The summed E-state index contributed by atoms with van der Waals surface area (Å²) >= 11 is 0. The van der Waals surface area contributed by atoms with Gasteiger partial charge in [0, 0.05) is 6.21 Å². The normalized spacial score (nSPS) is 10.7. The molecule has 0 saturated heterocycles. The Balaban J connectivity index is 4.04. The second-order valence-corrected chi connectivity index (χ2v) is 1.45. The molecule has 0 atom stereocenters. The van der Waals surface area contributed by atoms with Gasteiger partial charge in [0.1, 0.15) is 5.57 Å². The molecular formula is C6H9NO3. The highest BCUT2D eigenvalue weighted by molar-refractivity contribution is 6.08. The number of carbonyl (C=O) groups excluding carboxylic acids is 1. The van der Waals surface area contributed by atoms with Crippen LogP contribution in [-0.4, -0.2) is 23.9 Å². The molecule has 0 rings (SSSR count). The zero-order valence-corrected chi connectivity index (χ0v) is 5.63. The van der Waals surface area contributed by atoms with Crippen LogP contribution in [0.5, 0.6) is 0 Å². The molecule has 0 amide bonds. The minimum atomic E-state index is -0.681. The highest BCUT2D eigenvalue weighted by Gasteiger charge is 2.05. The van der Waals surface area contributed by atoms with E-state index in [1.54, 1.807) is 6.92 Å². The van der Waals surface area contributed by atoms with E-state index in [0.29, 0.717) is 6.26 Å². The van der Waals surface area contributed by atoms with Gasteiger partial charge in [-0.15, -0.1) is 0 Å². The van der Waals surface area contributed by atoms with Gasteiger partial charge in [-0.2, -0.15) is 0 Å². The summed E-state index contributed by atoms with van der Waals surface area (Å²) in [6.45, 7) is 1.89. The van der Waals surface area contributed by atoms with Crippen LogP contribution < -0.4 is 0 Å². The highest BCUT2D eigenvalue weighted by atomic mass is 16.5. The lowest BCUT2D eigenvalue weighted by Crippen LogP contribution is -2.08. The molecule has 4 nitrogen and oxygen atoms in total. The van der Waals surface area contributed by atoms with Crippen molar-refractivity contribution in [2.45, 2.75) is 6.92 Å². The van der Waals surface area contributed by atoms with E-state index in [-0.39, 0.29) is 12.2 Å². The molecule has 0 radical (unpaired) electrons. The Bertz CT molecular complexity index is 162. The fraction of sp³-hybridized carbons (Fsp3) is 0.333. The van der Waals surface area contributed by atoms with Gasteiger partial charge in [-0.25, -0.2) is 4.79 Å². The summed E-state index contributed by atoms with van der Waals surface area (Å²) < 4.78 is 4.47. The van der Waals surface area contributed by atoms with Crippen molar-refractivity contribution in [2.24, 2.45) is 0 Å². The summed E-state index contributed by atoms with van der Waals surface area (Å²) in [7, 11) is 0. The number of esters is 1. The Hall–Kier alpha value is -1.32. The van der Waals surface area contributed by atoms with Gasteiger partial charge in [-0.1, -0.05) is 0 Å². The molecule has 0 heterocycles. The first-order valence-electron chi connectivity index (χ1n) is 2.78. The Morgan fingerprint density at radius 2 is 2.40 bits per heavy atom. The average molecular weight is 143 g/mol. The van der Waals surface area contributed by atoms with Gasteiger partial charge in [0.2, 0.25) is 0 Å². The van der Waals surface area contributed by atoms with Crippen LogP contribution in [0.4, 0.5) is 0 Å². The highest BCUT2D eigenvalue weighted by Crippen LogP contribution is 1.91. The van der Waals surface area contributed by atoms with E-state index < -0.39 is 5.97 Å². The van der Waals surface area contributed by atoms with Crippen molar-refractivity contribution in [3.8, 4) is 0 Å². The molecule has 0 spiro atoms. The minimum absolute atomic E-state index is 0.151. The van der Waals surface area contributed by atoms with Crippen molar-refractivity contribution < 1.29 is 14.6 Å². The van der Waals surface area contributed by atoms with Gasteiger partial charge in [0.25, 0.3) is 0 Å². The lowest BCUT2D eigenvalue weighted by molar-refractivity contribution is -0.137. The number of carbonyl (C=O) groups is 1. The topological polar surface area (TPSA) is 70.4 Å². The maximum absolute atomic E-state index is 10.6. The average Bonchev–Trinajstić information content (AvgIpc) is 1.91. The van der Waals surface area contributed by atoms with E-state index in [9.17, 15) is 4.79 Å². The van der Waals surface area contributed by atoms with E-state index in [4.69, 9.17) is 10.5 Å². The number of nitrogens with one attached hydrogen (secondary N) is 1. The lowest BCUT2D eigenvalue weighted by atomic mass is 10.3. The molecule has 0 bridgehead atoms. The molecule has 4 heteroatoms. The summed E-state index contributed by atoms with van der Waals surface area (Å²) in [6.07, 6.45) is 1.28. The smallest absolute Gasteiger partial charge is 0.342 e. The molecular weight excluding hydrogens is 134 g/mol. The van der Waals surface area contributed by atoms with Crippen LogP contribution in [0.1, 0.15) is 6.92 Å². The molecule has 0 aliphatic carbocycles. The SMILES string of the molecule is CCOC(=O)/C(C=N)=C\O. The Morgan fingerprint density at radius 1 is 1.80 bits per heavy atom. The first-order valence-corrected chi connectivity index (χ1v) is 2.78. The summed E-state index contributed by atoms with van der Waals surface area (Å²) in [5.74, 6) is -0.681. The summed E-state index contributed by atoms with van der Waals surface area (Å²) in [5.41, 5.74) is -0.151. The number of aliphatic hydroxyl groups is 1. The second kappa shape index (κ2) is 4.55. The van der Waals surface area contributed by atoms with Crippen LogP contribution in [0.2, 0.25) is 0 Å². The van der Waals surface area contributed by atoms with Gasteiger partial charge in [-0.05, 0) is 6.92 Å². The molecule has 10 heavy (non-hydrogen) atoms. The summed E-state index contributed by atoms with van der Waals surface area (Å²) in [6, 6.07) is 0. The maximum Gasteiger partial charge on any atom is 0.342 e. The zero-order valence-electron chi connectivity index (χ0n) is 5.63. The predicted octanol–water partition coefficient (Wildman–Crippen LogP) is 0.641. The molecule has 0 unspecified atom stereocenters. The third kappa shape index (κ3) is 2.30. The van der Waals surface area contributed by atoms with Crippen LogP contribution in [0.15, 0.2) is 11.8 Å². The van der Waals surface area contributed by atoms with Crippen molar-refractivity contribution in [1.29, 1.82) is 5.41 Å². The van der Waals surface area contributed by atoms with E-state index in [1.807, 2.05) is 0 Å². The summed E-state index contributed by atoms with van der Waals surface area (Å²) in [5, 5.41) is 14.9. The third-order valence-corrected chi connectivity index (χ3v) is 0.806. The zero-order chi connectivity index (χ0) is 7.98. The van der Waals surface area contributed by atoms with Crippen molar-refractivity contribution in [2.75, 3.05) is 6.61 Å². The lowest BCUT2D eigenvalue weighted by Gasteiger charge is -1.97. The van der Waals surface area contributed by atoms with Crippen LogP contribution in [0.25, 0.3) is 0 Å². The fourth-order valence-electron chi connectivity index (χ4n) is 0.363. The minimum Gasteiger partial charge on any atom is -0.515 e. The van der Waals surface area contributed by atoms with E-state index in [2.05, 4.69) is 4.74 Å². The molecule has 2 N–H and O–H groups in total. The number of rotatable bonds is 3. The molecule has 0 aromatic rings. The first-order chi connectivity index (χ1) is 4.76. The quantitative estimate of drug-likeness (QED) is 0.263. The van der Waals surface area contributed by atoms with Crippen LogP contribution in [0, 0.1) is 5.41 Å². The van der Waals surface area contributed by atoms with Gasteiger partial charge in [0.05, 0.1) is 12.9 Å². The Kier molecular flexibility index (Phi) is 3.95. The van der Waals surface area contributed by atoms with E-state index >= 15 is 0 Å². The van der Waals surface area contributed by atoms with Gasteiger partial charge >= 0.3 is 5.97 Å². The van der Waals surface area contributed by atoms with Crippen molar-refractivity contribution in [1.82, 2.24) is 0 Å². The molecule has 0 aromatic heterocycles. The number of aliphatic hydroxyl groups excluding tert-OH is 1. The van der Waals surface area contributed by atoms with Crippen molar-refractivity contribution >= 4 is 12.2 Å². The Morgan fingerprint density at radius 3 is 2.70 bits per heavy atom. The third-order valence-electron chi connectivity index (χ3n) is 0.806. The predicted molar refractivity (Wildman–Crippen MR) is 36.1 cm³/mol. The molecule has 0 fully saturated rings. The monoisotopic (exact) mass is 143 g/mol. The molecule has 0 aliphatic rings. The number of hydrogen-bond acceptors (Lipinski definition) is 4. The van der Waals surface area contributed by atoms with E-state index in [1.165, 1.54) is 0 Å². The number of hydrogen-bond donors (Lipinski definition) is 2. The van der Waals surface area contributed by atoms with Crippen LogP contribution >= 0.6 is 0 Å². The van der Waals surface area contributed by atoms with Crippen LogP contribution in [0.3, 0.4) is 0 Å². The molecule has 0 aromatic carbocycles. The first kappa shape index (κ1) is 8.68. The van der Waals surface area contributed by atoms with Crippen molar-refractivity contribution in [3.63, 3.8) is 0 Å². The van der Waals surface area contributed by atoms with Gasteiger partial charge in [0.15, 0.2) is 0 Å².